The quantitative estimate of drug-likeness (QED) is 0.600. The lowest BCUT2D eigenvalue weighted by molar-refractivity contribution is 0.0519. The first-order valence-electron chi connectivity index (χ1n) is 9.46. The van der Waals surface area contributed by atoms with Gasteiger partial charge in [0.1, 0.15) is 11.4 Å². The number of fused-ring (bicyclic) bond motifs is 1. The molecule has 1 N–H and O–H groups in total. The maximum atomic E-state index is 11.9. The minimum absolute atomic E-state index is 0.190. The van der Waals surface area contributed by atoms with Crippen molar-refractivity contribution >= 4 is 23.0 Å². The number of methoxy groups -OCH3 is 2. The van der Waals surface area contributed by atoms with E-state index in [1.807, 2.05) is 30.3 Å². The highest BCUT2D eigenvalue weighted by Crippen LogP contribution is 2.34. The fourth-order valence-corrected chi connectivity index (χ4v) is 2.97. The molecule has 3 rings (SSSR count). The molecule has 2 aromatic carbocycles. The molecular formula is C23H25NO6. The van der Waals surface area contributed by atoms with E-state index in [1.165, 1.54) is 7.11 Å². The third-order valence-electron chi connectivity index (χ3n) is 4.30. The SMILES string of the molecule is COC(=O)c1ccc(-c2cc(OC)c3oc(CNC(=O)OC(C)(C)C)cc3c2)cc1. The van der Waals surface area contributed by atoms with E-state index >= 15 is 0 Å². The van der Waals surface area contributed by atoms with Crippen LogP contribution in [0.15, 0.2) is 46.9 Å². The average molecular weight is 411 g/mol. The molecule has 0 atom stereocenters. The fourth-order valence-electron chi connectivity index (χ4n) is 2.97. The number of hydrogen-bond donors (Lipinski definition) is 1. The molecule has 0 radical (unpaired) electrons. The molecule has 1 amide bonds. The van der Waals surface area contributed by atoms with Crippen LogP contribution < -0.4 is 10.1 Å². The van der Waals surface area contributed by atoms with Gasteiger partial charge in [-0.05, 0) is 62.2 Å². The number of esters is 1. The van der Waals surface area contributed by atoms with Gasteiger partial charge in [-0.1, -0.05) is 12.1 Å². The Kier molecular flexibility index (Phi) is 6.01. The van der Waals surface area contributed by atoms with Gasteiger partial charge in [0.05, 0.1) is 26.3 Å². The van der Waals surface area contributed by atoms with E-state index in [9.17, 15) is 9.59 Å². The molecule has 0 saturated carbocycles. The topological polar surface area (TPSA) is 87.0 Å². The number of furan rings is 1. The van der Waals surface area contributed by atoms with Gasteiger partial charge in [-0.2, -0.15) is 0 Å². The minimum Gasteiger partial charge on any atom is -0.493 e. The summed E-state index contributed by atoms with van der Waals surface area (Å²) in [5, 5.41) is 3.52. The van der Waals surface area contributed by atoms with Crippen molar-refractivity contribution in [1.82, 2.24) is 5.32 Å². The van der Waals surface area contributed by atoms with Gasteiger partial charge in [-0.3, -0.25) is 0 Å². The van der Waals surface area contributed by atoms with E-state index in [4.69, 9.17) is 18.6 Å². The summed E-state index contributed by atoms with van der Waals surface area (Å²) in [4.78, 5) is 23.5. The molecular weight excluding hydrogens is 386 g/mol. The van der Waals surface area contributed by atoms with Crippen LogP contribution in [0.4, 0.5) is 4.79 Å². The summed E-state index contributed by atoms with van der Waals surface area (Å²) < 4.78 is 21.3. The Bertz CT molecular complexity index is 1060. The maximum Gasteiger partial charge on any atom is 0.408 e. The summed E-state index contributed by atoms with van der Waals surface area (Å²) in [5.41, 5.74) is 2.32. The van der Waals surface area contributed by atoms with Crippen LogP contribution in [0.3, 0.4) is 0 Å². The monoisotopic (exact) mass is 411 g/mol. The molecule has 7 heteroatoms. The van der Waals surface area contributed by atoms with Crippen LogP contribution in [0.2, 0.25) is 0 Å². The second-order valence-electron chi connectivity index (χ2n) is 7.73. The van der Waals surface area contributed by atoms with E-state index < -0.39 is 11.7 Å². The van der Waals surface area contributed by atoms with Gasteiger partial charge in [0.2, 0.25) is 0 Å². The lowest BCUT2D eigenvalue weighted by atomic mass is 10.0. The molecule has 158 valence electrons. The molecule has 1 heterocycles. The number of carbonyl (C=O) groups is 2. The molecule has 0 saturated heterocycles. The normalized spacial score (nSPS) is 11.2. The standard InChI is InChI=1S/C23H25NO6/c1-23(2,3)30-22(26)24-13-18-11-17-10-16(12-19(27-4)20(17)29-18)14-6-8-15(9-7-14)21(25)28-5/h6-12H,13H2,1-5H3,(H,24,26). The molecule has 0 spiro atoms. The van der Waals surface area contributed by atoms with Gasteiger partial charge in [0, 0.05) is 5.39 Å². The molecule has 0 aliphatic carbocycles. The van der Waals surface area contributed by atoms with Gasteiger partial charge in [-0.15, -0.1) is 0 Å². The minimum atomic E-state index is -0.570. The lowest BCUT2D eigenvalue weighted by Crippen LogP contribution is -2.32. The molecule has 0 fully saturated rings. The number of alkyl carbamates (subject to hydrolysis) is 1. The van der Waals surface area contributed by atoms with Gasteiger partial charge < -0.3 is 23.9 Å². The Hall–Kier alpha value is -3.48. The summed E-state index contributed by atoms with van der Waals surface area (Å²) in [6.07, 6.45) is -0.513. The van der Waals surface area contributed by atoms with Gasteiger partial charge >= 0.3 is 12.1 Å². The molecule has 0 aliphatic rings. The Balaban J connectivity index is 1.85. The van der Waals surface area contributed by atoms with Crippen molar-refractivity contribution < 1.29 is 28.2 Å². The summed E-state index contributed by atoms with van der Waals surface area (Å²) in [5.74, 6) is 0.766. The van der Waals surface area contributed by atoms with Crippen molar-refractivity contribution in [2.45, 2.75) is 32.9 Å². The third-order valence-corrected chi connectivity index (χ3v) is 4.30. The van der Waals surface area contributed by atoms with Crippen LogP contribution in [0.25, 0.3) is 22.1 Å². The predicted octanol–water partition coefficient (Wildman–Crippen LogP) is 4.92. The molecule has 3 aromatic rings. The van der Waals surface area contributed by atoms with Crippen LogP contribution >= 0.6 is 0 Å². The summed E-state index contributed by atoms with van der Waals surface area (Å²) in [6, 6.07) is 12.8. The third kappa shape index (κ3) is 4.92. The fraction of sp³-hybridized carbons (Fsp3) is 0.304. The van der Waals surface area contributed by atoms with Crippen LogP contribution in [0.5, 0.6) is 5.75 Å². The Morgan fingerprint density at radius 2 is 1.70 bits per heavy atom. The number of amides is 1. The summed E-state index contributed by atoms with van der Waals surface area (Å²) >= 11 is 0. The van der Waals surface area contributed by atoms with E-state index in [0.717, 1.165) is 16.5 Å². The van der Waals surface area contributed by atoms with Crippen LogP contribution in [-0.4, -0.2) is 31.9 Å². The van der Waals surface area contributed by atoms with E-state index in [2.05, 4.69) is 5.32 Å². The smallest absolute Gasteiger partial charge is 0.408 e. The van der Waals surface area contributed by atoms with Crippen molar-refractivity contribution in [3.05, 3.63) is 53.8 Å². The van der Waals surface area contributed by atoms with Gasteiger partial charge in [0.15, 0.2) is 11.3 Å². The summed E-state index contributed by atoms with van der Waals surface area (Å²) in [6.45, 7) is 5.60. The second kappa shape index (κ2) is 8.49. The van der Waals surface area contributed by atoms with Gasteiger partial charge in [-0.25, -0.2) is 9.59 Å². The Morgan fingerprint density at radius 1 is 1.00 bits per heavy atom. The van der Waals surface area contributed by atoms with E-state index in [-0.39, 0.29) is 12.5 Å². The summed E-state index contributed by atoms with van der Waals surface area (Å²) in [7, 11) is 2.92. The highest BCUT2D eigenvalue weighted by Gasteiger charge is 2.17. The first kappa shape index (κ1) is 21.2. The van der Waals surface area contributed by atoms with Crippen LogP contribution in [0.1, 0.15) is 36.9 Å². The second-order valence-corrected chi connectivity index (χ2v) is 7.73. The lowest BCUT2D eigenvalue weighted by Gasteiger charge is -2.19. The van der Waals surface area contributed by atoms with E-state index in [0.29, 0.717) is 22.7 Å². The molecule has 0 bridgehead atoms. The van der Waals surface area contributed by atoms with Crippen molar-refractivity contribution in [3.8, 4) is 16.9 Å². The number of nitrogens with one attached hydrogen (secondary N) is 1. The number of carbonyl (C=O) groups excluding carboxylic acids is 2. The predicted molar refractivity (Wildman–Crippen MR) is 113 cm³/mol. The first-order chi connectivity index (χ1) is 14.2. The zero-order valence-corrected chi connectivity index (χ0v) is 17.7. The molecule has 7 nitrogen and oxygen atoms in total. The zero-order valence-electron chi connectivity index (χ0n) is 17.7. The van der Waals surface area contributed by atoms with Crippen molar-refractivity contribution in [2.75, 3.05) is 14.2 Å². The maximum absolute atomic E-state index is 11.9. The van der Waals surface area contributed by atoms with Crippen LogP contribution in [0, 0.1) is 0 Å². The van der Waals surface area contributed by atoms with Gasteiger partial charge in [0.25, 0.3) is 0 Å². The zero-order chi connectivity index (χ0) is 21.9. The number of benzene rings is 2. The van der Waals surface area contributed by atoms with Crippen molar-refractivity contribution in [3.63, 3.8) is 0 Å². The largest absolute Gasteiger partial charge is 0.493 e. The number of rotatable bonds is 5. The molecule has 0 aliphatic heterocycles. The first-order valence-corrected chi connectivity index (χ1v) is 9.46. The number of ether oxygens (including phenoxy) is 3. The highest BCUT2D eigenvalue weighted by molar-refractivity contribution is 5.92. The highest BCUT2D eigenvalue weighted by atomic mass is 16.6. The van der Waals surface area contributed by atoms with Crippen molar-refractivity contribution in [2.24, 2.45) is 0 Å². The Morgan fingerprint density at radius 3 is 2.30 bits per heavy atom. The van der Waals surface area contributed by atoms with E-state index in [1.54, 1.807) is 40.0 Å². The number of hydrogen-bond acceptors (Lipinski definition) is 6. The van der Waals surface area contributed by atoms with Crippen molar-refractivity contribution in [1.29, 1.82) is 0 Å². The average Bonchev–Trinajstić information content (AvgIpc) is 3.13. The van der Waals surface area contributed by atoms with Crippen LogP contribution in [-0.2, 0) is 16.0 Å². The molecule has 30 heavy (non-hydrogen) atoms. The Labute approximate surface area is 174 Å². The molecule has 0 unspecified atom stereocenters. The molecule has 1 aromatic heterocycles.